The maximum Gasteiger partial charge on any atom is 0.254 e. The molecule has 1 amide bonds. The summed E-state index contributed by atoms with van der Waals surface area (Å²) in [6, 6.07) is 15.5. The zero-order valence-electron chi connectivity index (χ0n) is 16.1. The Labute approximate surface area is 164 Å². The van der Waals surface area contributed by atoms with Gasteiger partial charge in [0.2, 0.25) is 0 Å². The van der Waals surface area contributed by atoms with Crippen LogP contribution in [0.1, 0.15) is 35.7 Å². The van der Waals surface area contributed by atoms with Crippen LogP contribution in [0.4, 0.5) is 0 Å². The summed E-state index contributed by atoms with van der Waals surface area (Å²) in [4.78, 5) is 19.7. The van der Waals surface area contributed by atoms with Gasteiger partial charge in [0.15, 0.2) is 11.5 Å². The molecule has 0 bridgehead atoms. The first-order valence-electron chi connectivity index (χ1n) is 9.78. The van der Waals surface area contributed by atoms with Crippen LogP contribution in [0.2, 0.25) is 0 Å². The van der Waals surface area contributed by atoms with Crippen molar-refractivity contribution in [3.05, 3.63) is 65.9 Å². The molecular formula is C23H24N2O3. The van der Waals surface area contributed by atoms with Crippen molar-refractivity contribution in [2.75, 3.05) is 19.8 Å². The van der Waals surface area contributed by atoms with E-state index in [-0.39, 0.29) is 5.91 Å². The van der Waals surface area contributed by atoms with E-state index in [0.29, 0.717) is 31.9 Å². The predicted molar refractivity (Wildman–Crippen MR) is 109 cm³/mol. The Morgan fingerprint density at radius 2 is 1.89 bits per heavy atom. The average molecular weight is 376 g/mol. The third-order valence-electron chi connectivity index (χ3n) is 4.93. The van der Waals surface area contributed by atoms with Gasteiger partial charge in [-0.3, -0.25) is 9.78 Å². The Bertz CT molecular complexity index is 981. The van der Waals surface area contributed by atoms with Gasteiger partial charge in [0, 0.05) is 24.7 Å². The Morgan fingerprint density at radius 3 is 2.75 bits per heavy atom. The molecule has 0 saturated carbocycles. The number of carbonyl (C=O) groups is 1. The van der Waals surface area contributed by atoms with Crippen molar-refractivity contribution in [1.29, 1.82) is 0 Å². The van der Waals surface area contributed by atoms with Gasteiger partial charge in [-0.15, -0.1) is 0 Å². The number of benzene rings is 2. The molecule has 3 aromatic rings. The van der Waals surface area contributed by atoms with E-state index in [4.69, 9.17) is 9.47 Å². The van der Waals surface area contributed by atoms with Gasteiger partial charge in [-0.05, 0) is 36.2 Å². The van der Waals surface area contributed by atoms with E-state index in [1.807, 2.05) is 53.4 Å². The quantitative estimate of drug-likeness (QED) is 0.638. The van der Waals surface area contributed by atoms with Crippen LogP contribution in [0.3, 0.4) is 0 Å². The van der Waals surface area contributed by atoms with Gasteiger partial charge in [0.1, 0.15) is 13.2 Å². The minimum atomic E-state index is 0.0296. The Kier molecular flexibility index (Phi) is 5.42. The van der Waals surface area contributed by atoms with Crippen LogP contribution in [0.15, 0.2) is 54.7 Å². The van der Waals surface area contributed by atoms with Crippen LogP contribution >= 0.6 is 0 Å². The summed E-state index contributed by atoms with van der Waals surface area (Å²) >= 11 is 0. The number of unbranched alkanes of at least 4 members (excludes halogenated alkanes) is 1. The van der Waals surface area contributed by atoms with Crippen LogP contribution in [-0.2, 0) is 6.54 Å². The predicted octanol–water partition coefficient (Wildman–Crippen LogP) is 4.45. The van der Waals surface area contributed by atoms with Crippen molar-refractivity contribution in [1.82, 2.24) is 9.88 Å². The number of carbonyl (C=O) groups excluding carboxylic acids is 1. The van der Waals surface area contributed by atoms with E-state index in [0.717, 1.165) is 40.8 Å². The van der Waals surface area contributed by atoms with E-state index in [1.165, 1.54) is 0 Å². The molecule has 0 spiro atoms. The van der Waals surface area contributed by atoms with E-state index >= 15 is 0 Å². The van der Waals surface area contributed by atoms with Crippen molar-refractivity contribution in [2.45, 2.75) is 26.3 Å². The fourth-order valence-corrected chi connectivity index (χ4v) is 3.46. The van der Waals surface area contributed by atoms with Gasteiger partial charge in [-0.2, -0.15) is 0 Å². The molecule has 0 saturated heterocycles. The number of pyridine rings is 1. The molecule has 5 heteroatoms. The van der Waals surface area contributed by atoms with E-state index in [2.05, 4.69) is 11.9 Å². The van der Waals surface area contributed by atoms with Crippen molar-refractivity contribution in [2.24, 2.45) is 0 Å². The van der Waals surface area contributed by atoms with Crippen LogP contribution in [0, 0.1) is 0 Å². The third-order valence-corrected chi connectivity index (χ3v) is 4.93. The zero-order valence-corrected chi connectivity index (χ0v) is 16.1. The molecule has 1 aliphatic rings. The molecule has 0 N–H and O–H groups in total. The minimum absolute atomic E-state index is 0.0296. The second-order valence-electron chi connectivity index (χ2n) is 6.93. The van der Waals surface area contributed by atoms with Gasteiger partial charge < -0.3 is 14.4 Å². The maximum absolute atomic E-state index is 13.4. The van der Waals surface area contributed by atoms with Gasteiger partial charge >= 0.3 is 0 Å². The van der Waals surface area contributed by atoms with Crippen LogP contribution < -0.4 is 9.47 Å². The minimum Gasteiger partial charge on any atom is -0.486 e. The highest BCUT2D eigenvalue weighted by atomic mass is 16.6. The lowest BCUT2D eigenvalue weighted by Gasteiger charge is -2.25. The summed E-state index contributed by atoms with van der Waals surface area (Å²) in [5.41, 5.74) is 2.56. The van der Waals surface area contributed by atoms with Crippen LogP contribution in [0.25, 0.3) is 10.9 Å². The highest BCUT2D eigenvalue weighted by Gasteiger charge is 2.20. The largest absolute Gasteiger partial charge is 0.486 e. The summed E-state index contributed by atoms with van der Waals surface area (Å²) < 4.78 is 11.3. The van der Waals surface area contributed by atoms with Crippen LogP contribution in [0.5, 0.6) is 11.5 Å². The molecule has 5 nitrogen and oxygen atoms in total. The molecule has 1 aliphatic heterocycles. The van der Waals surface area contributed by atoms with E-state index < -0.39 is 0 Å². The first kappa shape index (κ1) is 18.3. The number of hydrogen-bond donors (Lipinski definition) is 0. The van der Waals surface area contributed by atoms with Gasteiger partial charge in [-0.25, -0.2) is 0 Å². The Hall–Kier alpha value is -3.08. The summed E-state index contributed by atoms with van der Waals surface area (Å²) in [6.07, 6.45) is 3.69. The van der Waals surface area contributed by atoms with E-state index in [1.54, 1.807) is 6.20 Å². The van der Waals surface area contributed by atoms with Gasteiger partial charge in [0.05, 0.1) is 11.1 Å². The average Bonchev–Trinajstić information content (AvgIpc) is 2.75. The van der Waals surface area contributed by atoms with Crippen LogP contribution in [-0.4, -0.2) is 35.5 Å². The molecule has 0 radical (unpaired) electrons. The summed E-state index contributed by atoms with van der Waals surface area (Å²) in [7, 11) is 0. The zero-order chi connectivity index (χ0) is 19.3. The lowest BCUT2D eigenvalue weighted by molar-refractivity contribution is 0.0742. The number of ether oxygens (including phenoxy) is 2. The first-order valence-corrected chi connectivity index (χ1v) is 9.78. The highest BCUT2D eigenvalue weighted by molar-refractivity contribution is 6.05. The van der Waals surface area contributed by atoms with Crippen molar-refractivity contribution in [3.8, 4) is 11.5 Å². The monoisotopic (exact) mass is 376 g/mol. The number of para-hydroxylation sites is 1. The highest BCUT2D eigenvalue weighted by Crippen LogP contribution is 2.31. The molecule has 0 fully saturated rings. The van der Waals surface area contributed by atoms with E-state index in [9.17, 15) is 4.79 Å². The fraction of sp³-hybridized carbons (Fsp3) is 0.304. The number of aromatic nitrogens is 1. The molecule has 144 valence electrons. The molecule has 2 heterocycles. The summed E-state index contributed by atoms with van der Waals surface area (Å²) in [5.74, 6) is 1.55. The number of hydrogen-bond acceptors (Lipinski definition) is 4. The molecule has 1 aromatic heterocycles. The normalized spacial score (nSPS) is 12.8. The molecule has 4 rings (SSSR count). The second kappa shape index (κ2) is 8.30. The van der Waals surface area contributed by atoms with Crippen molar-refractivity contribution >= 4 is 16.8 Å². The SMILES string of the molecule is CCCCN(Cc1ccc2c(c1)OCCO2)C(=O)c1ccnc2ccccc12. The topological polar surface area (TPSA) is 51.7 Å². The lowest BCUT2D eigenvalue weighted by atomic mass is 10.1. The number of amides is 1. The molecule has 2 aromatic carbocycles. The third kappa shape index (κ3) is 3.79. The van der Waals surface area contributed by atoms with Gasteiger partial charge in [0.25, 0.3) is 5.91 Å². The Balaban J connectivity index is 1.63. The number of rotatable bonds is 6. The first-order chi connectivity index (χ1) is 13.8. The lowest BCUT2D eigenvalue weighted by Crippen LogP contribution is -2.31. The smallest absolute Gasteiger partial charge is 0.254 e. The standard InChI is InChI=1S/C23H24N2O3/c1-2-3-12-25(16-17-8-9-21-22(15-17)28-14-13-27-21)23(26)19-10-11-24-20-7-5-4-6-18(19)20/h4-11,15H,2-3,12-14,16H2,1H3. The van der Waals surface area contributed by atoms with Crippen molar-refractivity contribution in [3.63, 3.8) is 0 Å². The second-order valence-corrected chi connectivity index (χ2v) is 6.93. The maximum atomic E-state index is 13.4. The molecule has 0 atom stereocenters. The number of fused-ring (bicyclic) bond motifs is 2. The molecule has 0 unspecified atom stereocenters. The molecule has 28 heavy (non-hydrogen) atoms. The summed E-state index contributed by atoms with van der Waals surface area (Å²) in [6.45, 7) is 4.50. The Morgan fingerprint density at radius 1 is 1.07 bits per heavy atom. The fourth-order valence-electron chi connectivity index (χ4n) is 3.46. The van der Waals surface area contributed by atoms with Gasteiger partial charge in [-0.1, -0.05) is 37.6 Å². The molecule has 0 aliphatic carbocycles. The molecular weight excluding hydrogens is 352 g/mol. The van der Waals surface area contributed by atoms with Crippen molar-refractivity contribution < 1.29 is 14.3 Å². The number of nitrogens with zero attached hydrogens (tertiary/aromatic N) is 2. The summed E-state index contributed by atoms with van der Waals surface area (Å²) in [5, 5.41) is 0.888.